The molecule has 0 aliphatic rings. The standard InChI is InChI=1S/C62H36N4O3/c1-3-15-42-37(13-1)31-53(46-19-7-5-17-44(42)46)65(39-25-27-50-48-21-9-11-23-55(48)67-57(50)33-39)41-35-59-61(63-36-41)52-29-30-60(64-62(52)69-59)66(40-26-28-51-49-22-10-12-24-56(49)68-58(51)34-40)54-32-38-14-2-4-16-43(38)45-18-6-8-20-47(45)54/h1-36H. The van der Waals surface area contributed by atoms with E-state index in [2.05, 4.69) is 192 Å². The summed E-state index contributed by atoms with van der Waals surface area (Å²) in [5.74, 6) is 0.695. The molecule has 7 heteroatoms. The van der Waals surface area contributed by atoms with E-state index < -0.39 is 0 Å². The first-order valence-electron chi connectivity index (χ1n) is 23.1. The van der Waals surface area contributed by atoms with E-state index in [4.69, 9.17) is 23.2 Å². The van der Waals surface area contributed by atoms with Crippen LogP contribution in [0.15, 0.2) is 232 Å². The molecule has 10 aromatic carbocycles. The van der Waals surface area contributed by atoms with Gasteiger partial charge in [-0.2, -0.15) is 4.98 Å². The summed E-state index contributed by atoms with van der Waals surface area (Å²) < 4.78 is 19.8. The fourth-order valence-electron chi connectivity index (χ4n) is 10.7. The van der Waals surface area contributed by atoms with Crippen LogP contribution in [-0.4, -0.2) is 9.97 Å². The van der Waals surface area contributed by atoms with Crippen LogP contribution in [0.4, 0.5) is 34.3 Å². The zero-order valence-electron chi connectivity index (χ0n) is 36.8. The molecule has 322 valence electrons. The molecule has 69 heavy (non-hydrogen) atoms. The van der Waals surface area contributed by atoms with E-state index in [0.717, 1.165) is 116 Å². The summed E-state index contributed by atoms with van der Waals surface area (Å²) in [6.07, 6.45) is 1.94. The van der Waals surface area contributed by atoms with E-state index in [1.807, 2.05) is 36.5 Å². The zero-order chi connectivity index (χ0) is 45.2. The third-order valence-electron chi connectivity index (χ3n) is 13.8. The smallest absolute Gasteiger partial charge is 0.230 e. The first kappa shape index (κ1) is 37.7. The number of pyridine rings is 2. The van der Waals surface area contributed by atoms with E-state index in [1.165, 1.54) is 10.8 Å². The first-order valence-corrected chi connectivity index (χ1v) is 23.1. The number of hydrogen-bond donors (Lipinski definition) is 0. The zero-order valence-corrected chi connectivity index (χ0v) is 36.8. The van der Waals surface area contributed by atoms with Crippen molar-refractivity contribution in [3.63, 3.8) is 0 Å². The van der Waals surface area contributed by atoms with Crippen molar-refractivity contribution in [2.75, 3.05) is 9.80 Å². The van der Waals surface area contributed by atoms with Crippen LogP contribution in [0.25, 0.3) is 109 Å². The Balaban J connectivity index is 0.933. The highest BCUT2D eigenvalue weighted by atomic mass is 16.3. The van der Waals surface area contributed by atoms with Gasteiger partial charge < -0.3 is 18.2 Å². The van der Waals surface area contributed by atoms with Crippen LogP contribution in [-0.2, 0) is 0 Å². The van der Waals surface area contributed by atoms with Crippen LogP contribution in [0.5, 0.6) is 0 Å². The summed E-state index contributed by atoms with van der Waals surface area (Å²) in [5.41, 5.74) is 9.82. The SMILES string of the molecule is c1ccc2c(c1)cc(N(c1ccc3c(c1)oc1ccccc13)c1cnc3c(c1)oc1nc(N(c4ccc5c(c4)oc4ccccc45)c4cc5ccccc5c5ccccc45)ccc13)c1ccccc12. The molecular formula is C62H36N4O3. The number of rotatable bonds is 6. The van der Waals surface area contributed by atoms with Gasteiger partial charge in [-0.05, 0) is 93.0 Å². The lowest BCUT2D eigenvalue weighted by Crippen LogP contribution is -2.12. The molecule has 15 aromatic rings. The van der Waals surface area contributed by atoms with E-state index in [0.29, 0.717) is 17.1 Å². The van der Waals surface area contributed by atoms with E-state index in [9.17, 15) is 0 Å². The Bertz CT molecular complexity index is 4310. The van der Waals surface area contributed by atoms with Gasteiger partial charge in [0.2, 0.25) is 5.71 Å². The van der Waals surface area contributed by atoms with Crippen LogP contribution in [0, 0.1) is 0 Å². The summed E-state index contributed by atoms with van der Waals surface area (Å²) in [4.78, 5) is 15.0. The molecule has 0 spiro atoms. The van der Waals surface area contributed by atoms with Gasteiger partial charge in [0.15, 0.2) is 5.58 Å². The molecule has 15 rings (SSSR count). The number of aromatic nitrogens is 2. The summed E-state index contributed by atoms with van der Waals surface area (Å²) in [6, 6.07) is 74.3. The Labute approximate surface area is 393 Å². The number of benzene rings is 10. The first-order chi connectivity index (χ1) is 34.2. The van der Waals surface area contributed by atoms with Crippen LogP contribution >= 0.6 is 0 Å². The second kappa shape index (κ2) is 14.5. The summed E-state index contributed by atoms with van der Waals surface area (Å²) in [7, 11) is 0. The van der Waals surface area contributed by atoms with Gasteiger partial charge in [-0.3, -0.25) is 4.90 Å². The summed E-state index contributed by atoms with van der Waals surface area (Å²) in [6.45, 7) is 0. The van der Waals surface area contributed by atoms with Crippen LogP contribution in [0.1, 0.15) is 0 Å². The lowest BCUT2D eigenvalue weighted by atomic mass is 9.99. The second-order valence-electron chi connectivity index (χ2n) is 17.7. The summed E-state index contributed by atoms with van der Waals surface area (Å²) >= 11 is 0. The highest BCUT2D eigenvalue weighted by Crippen LogP contribution is 2.47. The highest BCUT2D eigenvalue weighted by molar-refractivity contribution is 6.17. The molecule has 0 aliphatic carbocycles. The van der Waals surface area contributed by atoms with E-state index >= 15 is 0 Å². The molecule has 0 aliphatic heterocycles. The minimum absolute atomic E-state index is 0.485. The third-order valence-corrected chi connectivity index (χ3v) is 13.8. The Morgan fingerprint density at radius 2 is 0.754 bits per heavy atom. The molecule has 0 N–H and O–H groups in total. The maximum absolute atomic E-state index is 6.85. The fourth-order valence-corrected chi connectivity index (χ4v) is 10.7. The lowest BCUT2D eigenvalue weighted by Gasteiger charge is -2.27. The molecule has 0 bridgehead atoms. The van der Waals surface area contributed by atoms with Gasteiger partial charge >= 0.3 is 0 Å². The molecule has 5 heterocycles. The number of hydrogen-bond acceptors (Lipinski definition) is 7. The van der Waals surface area contributed by atoms with Gasteiger partial charge in [0, 0.05) is 56.2 Å². The maximum Gasteiger partial charge on any atom is 0.230 e. The third kappa shape index (κ3) is 5.74. The van der Waals surface area contributed by atoms with Crippen LogP contribution in [0.2, 0.25) is 0 Å². The molecule has 0 saturated carbocycles. The Morgan fingerprint density at radius 3 is 1.35 bits per heavy atom. The van der Waals surface area contributed by atoms with Gasteiger partial charge in [0.05, 0.1) is 34.3 Å². The van der Waals surface area contributed by atoms with Crippen molar-refractivity contribution < 1.29 is 13.3 Å². The van der Waals surface area contributed by atoms with Crippen molar-refractivity contribution in [2.24, 2.45) is 0 Å². The predicted octanol–water partition coefficient (Wildman–Crippen LogP) is 17.7. The van der Waals surface area contributed by atoms with Gasteiger partial charge in [-0.1, -0.05) is 133 Å². The number of para-hydroxylation sites is 2. The van der Waals surface area contributed by atoms with Crippen molar-refractivity contribution in [2.45, 2.75) is 0 Å². The van der Waals surface area contributed by atoms with Crippen molar-refractivity contribution in [1.82, 2.24) is 9.97 Å². The largest absolute Gasteiger partial charge is 0.456 e. The molecule has 0 unspecified atom stereocenters. The molecule has 0 amide bonds. The van der Waals surface area contributed by atoms with Crippen molar-refractivity contribution >= 4 is 143 Å². The summed E-state index contributed by atoms with van der Waals surface area (Å²) in [5, 5.41) is 14.3. The molecule has 0 saturated heterocycles. The molecule has 5 aromatic heterocycles. The van der Waals surface area contributed by atoms with Gasteiger partial charge in [-0.25, -0.2) is 4.98 Å². The van der Waals surface area contributed by atoms with Crippen molar-refractivity contribution in [1.29, 1.82) is 0 Å². The Hall–Kier alpha value is -9.46. The number of anilines is 6. The van der Waals surface area contributed by atoms with E-state index in [-0.39, 0.29) is 0 Å². The van der Waals surface area contributed by atoms with E-state index in [1.54, 1.807) is 0 Å². The topological polar surface area (TPSA) is 71.7 Å². The number of nitrogens with zero attached hydrogens (tertiary/aromatic N) is 4. The van der Waals surface area contributed by atoms with Crippen molar-refractivity contribution in [3.8, 4) is 0 Å². The fraction of sp³-hybridized carbons (Fsp3) is 0. The molecule has 0 radical (unpaired) electrons. The lowest BCUT2D eigenvalue weighted by molar-refractivity contribution is 0.653. The van der Waals surface area contributed by atoms with Gasteiger partial charge in [0.1, 0.15) is 33.7 Å². The normalized spacial score (nSPS) is 12.1. The number of furan rings is 3. The van der Waals surface area contributed by atoms with Crippen LogP contribution in [0.3, 0.4) is 0 Å². The second-order valence-corrected chi connectivity index (χ2v) is 17.7. The quantitative estimate of drug-likeness (QED) is 0.154. The molecular weight excluding hydrogens is 849 g/mol. The average molecular weight is 885 g/mol. The maximum atomic E-state index is 6.85. The van der Waals surface area contributed by atoms with Gasteiger partial charge in [-0.15, -0.1) is 0 Å². The minimum atomic E-state index is 0.485. The minimum Gasteiger partial charge on any atom is -0.456 e. The van der Waals surface area contributed by atoms with Gasteiger partial charge in [0.25, 0.3) is 0 Å². The molecule has 0 fully saturated rings. The average Bonchev–Trinajstić information content (AvgIpc) is 4.09. The van der Waals surface area contributed by atoms with Crippen molar-refractivity contribution in [3.05, 3.63) is 219 Å². The Kier molecular flexibility index (Phi) is 7.94. The predicted molar refractivity (Wildman–Crippen MR) is 283 cm³/mol. The molecule has 0 atom stereocenters. The molecule has 7 nitrogen and oxygen atoms in total. The highest BCUT2D eigenvalue weighted by Gasteiger charge is 2.24. The number of fused-ring (bicyclic) bond motifs is 15. The Morgan fingerprint density at radius 1 is 0.304 bits per heavy atom. The monoisotopic (exact) mass is 884 g/mol. The van der Waals surface area contributed by atoms with Crippen LogP contribution < -0.4 is 9.80 Å².